The maximum atomic E-state index is 6.10. The van der Waals surface area contributed by atoms with Gasteiger partial charge in [0.25, 0.3) is 0 Å². The third kappa shape index (κ3) is 2.72. The van der Waals surface area contributed by atoms with Crippen molar-refractivity contribution in [2.45, 2.75) is 26.1 Å². The summed E-state index contributed by atoms with van der Waals surface area (Å²) in [5.41, 5.74) is 1.65. The van der Waals surface area contributed by atoms with Gasteiger partial charge in [0.15, 0.2) is 5.65 Å². The maximum Gasteiger partial charge on any atom is 0.168 e. The molecule has 0 N–H and O–H groups in total. The second-order valence-electron chi connectivity index (χ2n) is 6.13. The molecule has 2 aromatic heterocycles. The zero-order chi connectivity index (χ0) is 16.7. The highest BCUT2D eigenvalue weighted by atomic mass is 35.5. The van der Waals surface area contributed by atoms with Gasteiger partial charge in [0.2, 0.25) is 0 Å². The van der Waals surface area contributed by atoms with Crippen LogP contribution in [0.5, 0.6) is 0 Å². The van der Waals surface area contributed by atoms with Crippen LogP contribution in [0.15, 0.2) is 36.8 Å². The zero-order valence-corrected chi connectivity index (χ0v) is 14.3. The van der Waals surface area contributed by atoms with Crippen LogP contribution in [0.1, 0.15) is 13.8 Å². The fraction of sp³-hybridized carbons (Fsp3) is 0.353. The van der Waals surface area contributed by atoms with Crippen molar-refractivity contribution in [3.05, 3.63) is 41.8 Å². The number of hydrogen-bond donors (Lipinski definition) is 0. The SMILES string of the molecule is C[C@@H]1CN(c2ncnc3c2cnn3-c2cccc(Cl)c2)C[C@H](C)O1. The topological polar surface area (TPSA) is 56.1 Å². The summed E-state index contributed by atoms with van der Waals surface area (Å²) >= 11 is 6.10. The van der Waals surface area contributed by atoms with E-state index in [0.717, 1.165) is 35.6 Å². The Bertz CT molecular complexity index is 870. The molecule has 2 atom stereocenters. The Balaban J connectivity index is 1.79. The first-order valence-corrected chi connectivity index (χ1v) is 8.34. The van der Waals surface area contributed by atoms with Crippen LogP contribution in [0.2, 0.25) is 5.02 Å². The third-order valence-corrected chi connectivity index (χ3v) is 4.35. The van der Waals surface area contributed by atoms with Gasteiger partial charge in [-0.3, -0.25) is 0 Å². The smallest absolute Gasteiger partial charge is 0.168 e. The molecule has 1 aliphatic heterocycles. The van der Waals surface area contributed by atoms with E-state index in [-0.39, 0.29) is 12.2 Å². The van der Waals surface area contributed by atoms with Gasteiger partial charge in [-0.1, -0.05) is 17.7 Å². The molecule has 0 saturated carbocycles. The fourth-order valence-electron chi connectivity index (χ4n) is 3.23. The lowest BCUT2D eigenvalue weighted by Crippen LogP contribution is -2.45. The highest BCUT2D eigenvalue weighted by Crippen LogP contribution is 2.27. The molecule has 0 aliphatic carbocycles. The second kappa shape index (κ2) is 6.03. The number of halogens is 1. The molecule has 4 rings (SSSR count). The van der Waals surface area contributed by atoms with Crippen LogP contribution in [0, 0.1) is 0 Å². The summed E-state index contributed by atoms with van der Waals surface area (Å²) in [5, 5.41) is 6.10. The Morgan fingerprint density at radius 2 is 1.96 bits per heavy atom. The molecular formula is C17H18ClN5O. The molecule has 1 aliphatic rings. The molecule has 0 bridgehead atoms. The minimum absolute atomic E-state index is 0.168. The first kappa shape index (κ1) is 15.4. The van der Waals surface area contributed by atoms with Gasteiger partial charge in [-0.15, -0.1) is 0 Å². The summed E-state index contributed by atoms with van der Waals surface area (Å²) in [5.74, 6) is 0.898. The number of ether oxygens (including phenoxy) is 1. The number of rotatable bonds is 2. The van der Waals surface area contributed by atoms with Gasteiger partial charge < -0.3 is 9.64 Å². The quantitative estimate of drug-likeness (QED) is 0.715. The van der Waals surface area contributed by atoms with Crippen molar-refractivity contribution in [2.24, 2.45) is 0 Å². The molecule has 0 amide bonds. The number of morpholine rings is 1. The molecule has 7 heteroatoms. The Kier molecular flexibility index (Phi) is 3.86. The second-order valence-corrected chi connectivity index (χ2v) is 6.57. The normalized spacial score (nSPS) is 21.4. The van der Waals surface area contributed by atoms with Gasteiger partial charge in [0, 0.05) is 18.1 Å². The lowest BCUT2D eigenvalue weighted by atomic mass is 10.2. The minimum Gasteiger partial charge on any atom is -0.372 e. The standard InChI is InChI=1S/C17H18ClN5O/c1-11-8-22(9-12(2)24-11)16-15-7-21-23(17(15)20-10-19-16)14-5-3-4-13(18)6-14/h3-7,10-12H,8-9H2,1-2H3/t11-,12+. The predicted octanol–water partition coefficient (Wildman–Crippen LogP) is 3.08. The molecular weight excluding hydrogens is 326 g/mol. The van der Waals surface area contributed by atoms with Crippen LogP contribution < -0.4 is 4.90 Å². The van der Waals surface area contributed by atoms with Crippen LogP contribution in [0.3, 0.4) is 0 Å². The fourth-order valence-corrected chi connectivity index (χ4v) is 3.42. The summed E-state index contributed by atoms with van der Waals surface area (Å²) in [7, 11) is 0. The van der Waals surface area contributed by atoms with Crippen molar-refractivity contribution in [1.82, 2.24) is 19.7 Å². The van der Waals surface area contributed by atoms with Crippen molar-refractivity contribution in [3.63, 3.8) is 0 Å². The van der Waals surface area contributed by atoms with Gasteiger partial charge in [-0.2, -0.15) is 5.10 Å². The Hall–Kier alpha value is -2.18. The van der Waals surface area contributed by atoms with Crippen LogP contribution in [-0.2, 0) is 4.74 Å². The van der Waals surface area contributed by atoms with Crippen LogP contribution in [0.25, 0.3) is 16.7 Å². The zero-order valence-electron chi connectivity index (χ0n) is 13.6. The summed E-state index contributed by atoms with van der Waals surface area (Å²) in [4.78, 5) is 11.2. The van der Waals surface area contributed by atoms with Gasteiger partial charge in [0.1, 0.15) is 12.1 Å². The molecule has 6 nitrogen and oxygen atoms in total. The van der Waals surface area contributed by atoms with Crippen LogP contribution in [-0.4, -0.2) is 45.0 Å². The average molecular weight is 344 g/mol. The summed E-state index contributed by atoms with van der Waals surface area (Å²) in [6, 6.07) is 7.57. The van der Waals surface area contributed by atoms with Gasteiger partial charge >= 0.3 is 0 Å². The largest absolute Gasteiger partial charge is 0.372 e. The van der Waals surface area contributed by atoms with Crippen molar-refractivity contribution in [3.8, 4) is 5.69 Å². The van der Waals surface area contributed by atoms with Crippen molar-refractivity contribution in [1.29, 1.82) is 0 Å². The summed E-state index contributed by atoms with van der Waals surface area (Å²) in [6.07, 6.45) is 3.74. The van der Waals surface area contributed by atoms with E-state index in [9.17, 15) is 0 Å². The molecule has 1 fully saturated rings. The Labute approximate surface area is 145 Å². The molecule has 3 aromatic rings. The molecule has 24 heavy (non-hydrogen) atoms. The van der Waals surface area contributed by atoms with E-state index in [4.69, 9.17) is 16.3 Å². The number of hydrogen-bond acceptors (Lipinski definition) is 5. The van der Waals surface area contributed by atoms with Gasteiger partial charge in [0.05, 0.1) is 29.5 Å². The van der Waals surface area contributed by atoms with Crippen molar-refractivity contribution in [2.75, 3.05) is 18.0 Å². The average Bonchev–Trinajstić information content (AvgIpc) is 2.98. The first-order chi connectivity index (χ1) is 11.6. The first-order valence-electron chi connectivity index (χ1n) is 7.97. The molecule has 0 spiro atoms. The van der Waals surface area contributed by atoms with E-state index in [2.05, 4.69) is 33.8 Å². The lowest BCUT2D eigenvalue weighted by molar-refractivity contribution is -0.00537. The van der Waals surface area contributed by atoms with Crippen LogP contribution >= 0.6 is 11.6 Å². The molecule has 0 radical (unpaired) electrons. The lowest BCUT2D eigenvalue weighted by Gasteiger charge is -2.36. The van der Waals surface area contributed by atoms with Crippen molar-refractivity contribution >= 4 is 28.5 Å². The Morgan fingerprint density at radius 1 is 1.17 bits per heavy atom. The summed E-state index contributed by atoms with van der Waals surface area (Å²) < 4.78 is 7.61. The van der Waals surface area contributed by atoms with E-state index in [1.807, 2.05) is 30.5 Å². The van der Waals surface area contributed by atoms with Crippen molar-refractivity contribution < 1.29 is 4.74 Å². The molecule has 124 valence electrons. The number of nitrogens with zero attached hydrogens (tertiary/aromatic N) is 5. The van der Waals surface area contributed by atoms with E-state index >= 15 is 0 Å². The molecule has 1 saturated heterocycles. The van der Waals surface area contributed by atoms with Crippen LogP contribution in [0.4, 0.5) is 5.82 Å². The maximum absolute atomic E-state index is 6.10. The summed E-state index contributed by atoms with van der Waals surface area (Å²) in [6.45, 7) is 5.77. The monoisotopic (exact) mass is 343 g/mol. The number of benzene rings is 1. The van der Waals surface area contributed by atoms with Gasteiger partial charge in [-0.05, 0) is 32.0 Å². The highest BCUT2D eigenvalue weighted by molar-refractivity contribution is 6.30. The third-order valence-electron chi connectivity index (χ3n) is 4.12. The Morgan fingerprint density at radius 3 is 2.71 bits per heavy atom. The number of aromatic nitrogens is 4. The molecule has 3 heterocycles. The van der Waals surface area contributed by atoms with E-state index in [0.29, 0.717) is 5.02 Å². The van der Waals surface area contributed by atoms with E-state index < -0.39 is 0 Å². The minimum atomic E-state index is 0.168. The number of fused-ring (bicyclic) bond motifs is 1. The highest BCUT2D eigenvalue weighted by Gasteiger charge is 2.25. The van der Waals surface area contributed by atoms with Gasteiger partial charge in [-0.25, -0.2) is 14.6 Å². The predicted molar refractivity (Wildman–Crippen MR) is 93.9 cm³/mol. The number of anilines is 1. The molecule has 1 aromatic carbocycles. The molecule has 0 unspecified atom stereocenters. The van der Waals surface area contributed by atoms with E-state index in [1.165, 1.54) is 0 Å². The van der Waals surface area contributed by atoms with E-state index in [1.54, 1.807) is 11.0 Å².